The molecule has 2 aromatic carbocycles. The number of benzene rings is 2. The first kappa shape index (κ1) is 21.7. The van der Waals surface area contributed by atoms with E-state index in [0.717, 1.165) is 29.8 Å². The van der Waals surface area contributed by atoms with Crippen LogP contribution in [0.3, 0.4) is 0 Å². The van der Waals surface area contributed by atoms with Crippen LogP contribution < -0.4 is 10.1 Å². The van der Waals surface area contributed by atoms with Gasteiger partial charge in [-0.2, -0.15) is 5.10 Å². The van der Waals surface area contributed by atoms with Crippen LogP contribution in [-0.2, 0) is 19.4 Å². The minimum atomic E-state index is -0.983. The Morgan fingerprint density at radius 2 is 1.91 bits per heavy atom. The second-order valence-corrected chi connectivity index (χ2v) is 7.88. The maximum absolute atomic E-state index is 14.5. The molecule has 34 heavy (non-hydrogen) atoms. The zero-order valence-electron chi connectivity index (χ0n) is 17.9. The molecular formula is C25H19F3N4O2. The zero-order chi connectivity index (χ0) is 23.7. The van der Waals surface area contributed by atoms with Gasteiger partial charge in [-0.1, -0.05) is 6.07 Å². The number of ether oxygens (including phenoxy) is 1. The van der Waals surface area contributed by atoms with E-state index in [0.29, 0.717) is 29.8 Å². The van der Waals surface area contributed by atoms with Gasteiger partial charge in [0.05, 0.1) is 11.9 Å². The molecular weight excluding hydrogens is 445 g/mol. The molecule has 1 aliphatic carbocycles. The van der Waals surface area contributed by atoms with Gasteiger partial charge in [0.15, 0.2) is 28.9 Å². The predicted octanol–water partition coefficient (Wildman–Crippen LogP) is 4.90. The average molecular weight is 464 g/mol. The maximum atomic E-state index is 14.5. The third-order valence-electron chi connectivity index (χ3n) is 5.60. The van der Waals surface area contributed by atoms with Crippen LogP contribution in [0.1, 0.15) is 33.7 Å². The molecule has 1 aliphatic rings. The lowest BCUT2D eigenvalue weighted by Crippen LogP contribution is -2.24. The van der Waals surface area contributed by atoms with Gasteiger partial charge in [-0.05, 0) is 61.2 Å². The fourth-order valence-corrected chi connectivity index (χ4v) is 3.99. The molecule has 9 heteroatoms. The highest BCUT2D eigenvalue weighted by atomic mass is 19.2. The highest BCUT2D eigenvalue weighted by Gasteiger charge is 2.27. The normalized spacial score (nSPS) is 12.4. The summed E-state index contributed by atoms with van der Waals surface area (Å²) >= 11 is 0. The van der Waals surface area contributed by atoms with Gasteiger partial charge in [-0.15, -0.1) is 0 Å². The fourth-order valence-electron chi connectivity index (χ4n) is 3.99. The number of hydrogen-bond acceptors (Lipinski definition) is 4. The maximum Gasteiger partial charge on any atom is 0.272 e. The summed E-state index contributed by atoms with van der Waals surface area (Å²) in [4.78, 5) is 16.8. The van der Waals surface area contributed by atoms with E-state index in [1.807, 2.05) is 0 Å². The molecule has 0 saturated carbocycles. The van der Waals surface area contributed by atoms with Crippen LogP contribution in [0, 0.1) is 17.5 Å². The van der Waals surface area contributed by atoms with Crippen LogP contribution in [0.2, 0.25) is 0 Å². The second kappa shape index (κ2) is 9.01. The fraction of sp³-hybridized carbons (Fsp3) is 0.160. The Morgan fingerprint density at radius 1 is 1.03 bits per heavy atom. The molecule has 0 fully saturated rings. The molecule has 0 aliphatic heterocycles. The molecule has 0 radical (unpaired) electrons. The number of amides is 1. The number of rotatable bonds is 6. The van der Waals surface area contributed by atoms with Crippen molar-refractivity contribution < 1.29 is 22.7 Å². The Hall–Kier alpha value is -4.14. The molecule has 2 heterocycles. The smallest absolute Gasteiger partial charge is 0.272 e. The first-order valence-electron chi connectivity index (χ1n) is 10.7. The highest BCUT2D eigenvalue weighted by molar-refractivity contribution is 5.94. The van der Waals surface area contributed by atoms with Gasteiger partial charge in [0.25, 0.3) is 5.91 Å². The van der Waals surface area contributed by atoms with Crippen LogP contribution in [0.4, 0.5) is 13.2 Å². The van der Waals surface area contributed by atoms with Gasteiger partial charge in [0.1, 0.15) is 5.75 Å². The predicted molar refractivity (Wildman–Crippen MR) is 117 cm³/mol. The highest BCUT2D eigenvalue weighted by Crippen LogP contribution is 2.29. The summed E-state index contributed by atoms with van der Waals surface area (Å²) in [5, 5.41) is 7.14. The van der Waals surface area contributed by atoms with E-state index >= 15 is 0 Å². The second-order valence-electron chi connectivity index (χ2n) is 7.88. The lowest BCUT2D eigenvalue weighted by Gasteiger charge is -2.09. The molecule has 1 N–H and O–H groups in total. The van der Waals surface area contributed by atoms with E-state index in [1.54, 1.807) is 24.4 Å². The molecule has 2 aromatic heterocycles. The number of hydrogen-bond donors (Lipinski definition) is 1. The third-order valence-corrected chi connectivity index (χ3v) is 5.60. The molecule has 5 rings (SSSR count). The van der Waals surface area contributed by atoms with Crippen LogP contribution in [0.25, 0.3) is 5.69 Å². The number of halogens is 3. The van der Waals surface area contributed by atoms with E-state index in [1.165, 1.54) is 29.1 Å². The van der Waals surface area contributed by atoms with E-state index in [4.69, 9.17) is 4.74 Å². The summed E-state index contributed by atoms with van der Waals surface area (Å²) in [7, 11) is 0. The number of pyridine rings is 1. The van der Waals surface area contributed by atoms with Crippen molar-refractivity contribution in [1.29, 1.82) is 0 Å². The largest absolute Gasteiger partial charge is 0.453 e. The molecule has 0 unspecified atom stereocenters. The molecule has 4 aromatic rings. The molecule has 1 amide bonds. The van der Waals surface area contributed by atoms with Crippen molar-refractivity contribution in [2.45, 2.75) is 25.8 Å². The van der Waals surface area contributed by atoms with Gasteiger partial charge < -0.3 is 10.1 Å². The Labute approximate surface area is 193 Å². The summed E-state index contributed by atoms with van der Waals surface area (Å²) in [5.41, 5.74) is 2.71. The molecule has 0 bridgehead atoms. The lowest BCUT2D eigenvalue weighted by atomic mass is 10.1. The van der Waals surface area contributed by atoms with Crippen molar-refractivity contribution in [3.8, 4) is 17.2 Å². The van der Waals surface area contributed by atoms with E-state index < -0.39 is 23.4 Å². The van der Waals surface area contributed by atoms with E-state index in [9.17, 15) is 18.0 Å². The summed E-state index contributed by atoms with van der Waals surface area (Å²) in [6.45, 7) is 0.0791. The molecule has 172 valence electrons. The summed E-state index contributed by atoms with van der Waals surface area (Å²) in [6, 6.07) is 11.3. The average Bonchev–Trinajstić information content (AvgIpc) is 3.45. The minimum absolute atomic E-state index is 0.0474. The topological polar surface area (TPSA) is 69.0 Å². The van der Waals surface area contributed by atoms with Crippen LogP contribution >= 0.6 is 0 Å². The van der Waals surface area contributed by atoms with Crippen molar-refractivity contribution in [3.63, 3.8) is 0 Å². The molecule has 0 saturated heterocycles. The number of nitrogens with zero attached hydrogens (tertiary/aromatic N) is 3. The van der Waals surface area contributed by atoms with Gasteiger partial charge in [0.2, 0.25) is 0 Å². The quantitative estimate of drug-likeness (QED) is 0.441. The zero-order valence-corrected chi connectivity index (χ0v) is 17.9. The molecule has 6 nitrogen and oxygen atoms in total. The Morgan fingerprint density at radius 3 is 2.68 bits per heavy atom. The van der Waals surface area contributed by atoms with Crippen molar-refractivity contribution >= 4 is 5.91 Å². The Kier molecular flexibility index (Phi) is 5.75. The van der Waals surface area contributed by atoms with Crippen molar-refractivity contribution in [2.24, 2.45) is 0 Å². The summed E-state index contributed by atoms with van der Waals surface area (Å²) in [6.07, 6.45) is 5.24. The van der Waals surface area contributed by atoms with E-state index in [2.05, 4.69) is 15.4 Å². The van der Waals surface area contributed by atoms with Crippen molar-refractivity contribution in [1.82, 2.24) is 20.1 Å². The van der Waals surface area contributed by atoms with Crippen molar-refractivity contribution in [3.05, 3.63) is 101 Å². The number of fused-ring (bicyclic) bond motifs is 1. The number of aromatic nitrogens is 3. The lowest BCUT2D eigenvalue weighted by molar-refractivity contribution is 0.0944. The van der Waals surface area contributed by atoms with E-state index in [-0.39, 0.29) is 18.0 Å². The van der Waals surface area contributed by atoms with Gasteiger partial charge in [-0.25, -0.2) is 17.9 Å². The molecule has 0 spiro atoms. The minimum Gasteiger partial charge on any atom is -0.453 e. The first-order valence-corrected chi connectivity index (χ1v) is 10.7. The van der Waals surface area contributed by atoms with Crippen molar-refractivity contribution in [2.75, 3.05) is 0 Å². The van der Waals surface area contributed by atoms with Crippen LogP contribution in [-0.4, -0.2) is 20.7 Å². The molecule has 0 atom stereocenters. The standard InChI is InChI=1S/C25H19F3N4O2/c26-19-8-7-16(12-20(19)27)32-22-5-1-4-18(22)24(31-32)25(33)30-13-15-6-9-23(21(28)11-15)34-17-3-2-10-29-14-17/h2-3,6-12,14H,1,4-5,13H2,(H,30,33). The first-order chi connectivity index (χ1) is 16.5. The van der Waals surface area contributed by atoms with Crippen LogP contribution in [0.5, 0.6) is 11.5 Å². The summed E-state index contributed by atoms with van der Waals surface area (Å²) in [5.74, 6) is -2.47. The van der Waals surface area contributed by atoms with Gasteiger partial charge in [-0.3, -0.25) is 9.78 Å². The summed E-state index contributed by atoms with van der Waals surface area (Å²) < 4.78 is 48.5. The monoisotopic (exact) mass is 464 g/mol. The van der Waals surface area contributed by atoms with Gasteiger partial charge in [0, 0.05) is 30.1 Å². The SMILES string of the molecule is O=C(NCc1ccc(Oc2cccnc2)c(F)c1)c1nn(-c2ccc(F)c(F)c2)c2c1CCC2. The van der Waals surface area contributed by atoms with Gasteiger partial charge >= 0.3 is 0 Å². The number of carbonyl (C=O) groups is 1. The third kappa shape index (κ3) is 4.24. The van der Waals surface area contributed by atoms with Crippen LogP contribution in [0.15, 0.2) is 60.9 Å². The Balaban J connectivity index is 1.31. The number of carbonyl (C=O) groups excluding carboxylic acids is 1. The number of nitrogens with one attached hydrogen (secondary N) is 1. The Bertz CT molecular complexity index is 1370.